The van der Waals surface area contributed by atoms with E-state index in [1.165, 1.54) is 7.11 Å². The minimum atomic E-state index is -2.50. The van der Waals surface area contributed by atoms with Crippen molar-refractivity contribution in [2.75, 3.05) is 13.7 Å². The molecule has 0 bridgehead atoms. The van der Waals surface area contributed by atoms with Gasteiger partial charge < -0.3 is 4.74 Å². The SMILES string of the molecule is COC(=O)[C@@H]1CCN1C1CCC(F)(F)CC1. The minimum absolute atomic E-state index is 0.0535. The molecular formula is C11H17F2NO2. The lowest BCUT2D eigenvalue weighted by molar-refractivity contribution is -0.156. The molecule has 2 fully saturated rings. The summed E-state index contributed by atoms with van der Waals surface area (Å²) in [5, 5.41) is 0. The van der Waals surface area contributed by atoms with Crippen molar-refractivity contribution in [1.82, 2.24) is 4.90 Å². The van der Waals surface area contributed by atoms with Crippen LogP contribution in [0.4, 0.5) is 8.78 Å². The molecule has 0 aromatic carbocycles. The monoisotopic (exact) mass is 233 g/mol. The van der Waals surface area contributed by atoms with E-state index < -0.39 is 5.92 Å². The van der Waals surface area contributed by atoms with Crippen LogP contribution in [0, 0.1) is 0 Å². The molecule has 1 atom stereocenters. The fourth-order valence-corrected chi connectivity index (χ4v) is 2.59. The topological polar surface area (TPSA) is 29.5 Å². The Morgan fingerprint density at radius 3 is 2.38 bits per heavy atom. The number of halogens is 2. The number of hydrogen-bond donors (Lipinski definition) is 0. The number of hydrogen-bond acceptors (Lipinski definition) is 3. The molecule has 0 aromatic rings. The maximum absolute atomic E-state index is 13.0. The van der Waals surface area contributed by atoms with E-state index >= 15 is 0 Å². The first-order valence-electron chi connectivity index (χ1n) is 5.75. The summed E-state index contributed by atoms with van der Waals surface area (Å²) in [4.78, 5) is 13.4. The summed E-state index contributed by atoms with van der Waals surface area (Å²) >= 11 is 0. The molecule has 0 N–H and O–H groups in total. The van der Waals surface area contributed by atoms with Gasteiger partial charge in [0, 0.05) is 25.4 Å². The van der Waals surface area contributed by atoms with Gasteiger partial charge in [-0.15, -0.1) is 0 Å². The largest absolute Gasteiger partial charge is 0.468 e. The average Bonchev–Trinajstić information content (AvgIpc) is 2.19. The van der Waals surface area contributed by atoms with Gasteiger partial charge in [-0.2, -0.15) is 0 Å². The van der Waals surface area contributed by atoms with E-state index in [0.29, 0.717) is 12.8 Å². The van der Waals surface area contributed by atoms with Crippen LogP contribution in [0.3, 0.4) is 0 Å². The van der Waals surface area contributed by atoms with Crippen molar-refractivity contribution in [2.24, 2.45) is 0 Å². The predicted octanol–water partition coefficient (Wildman–Crippen LogP) is 1.81. The number of carbonyl (C=O) groups is 1. The van der Waals surface area contributed by atoms with Gasteiger partial charge in [0.15, 0.2) is 0 Å². The van der Waals surface area contributed by atoms with Crippen molar-refractivity contribution in [3.05, 3.63) is 0 Å². The van der Waals surface area contributed by atoms with Crippen molar-refractivity contribution in [3.8, 4) is 0 Å². The molecule has 92 valence electrons. The van der Waals surface area contributed by atoms with E-state index in [0.717, 1.165) is 13.0 Å². The number of rotatable bonds is 2. The van der Waals surface area contributed by atoms with Crippen molar-refractivity contribution >= 4 is 5.97 Å². The number of likely N-dealkylation sites (tertiary alicyclic amines) is 1. The Balaban J connectivity index is 1.88. The second-order valence-electron chi connectivity index (χ2n) is 4.65. The fourth-order valence-electron chi connectivity index (χ4n) is 2.59. The summed E-state index contributed by atoms with van der Waals surface area (Å²) in [5.41, 5.74) is 0. The second kappa shape index (κ2) is 4.28. The van der Waals surface area contributed by atoms with Crippen LogP contribution in [0.2, 0.25) is 0 Å². The summed E-state index contributed by atoms with van der Waals surface area (Å²) in [5.74, 6) is -2.73. The maximum atomic E-state index is 13.0. The zero-order chi connectivity index (χ0) is 11.8. The Morgan fingerprint density at radius 1 is 1.31 bits per heavy atom. The molecule has 0 radical (unpaired) electrons. The smallest absolute Gasteiger partial charge is 0.323 e. The molecule has 1 saturated carbocycles. The highest BCUT2D eigenvalue weighted by Crippen LogP contribution is 2.37. The Bertz CT molecular complexity index is 273. The van der Waals surface area contributed by atoms with Crippen molar-refractivity contribution in [3.63, 3.8) is 0 Å². The second-order valence-corrected chi connectivity index (χ2v) is 4.65. The van der Waals surface area contributed by atoms with E-state index in [9.17, 15) is 13.6 Å². The first-order chi connectivity index (χ1) is 7.53. The Labute approximate surface area is 93.7 Å². The van der Waals surface area contributed by atoms with E-state index in [1.807, 2.05) is 4.90 Å². The average molecular weight is 233 g/mol. The van der Waals surface area contributed by atoms with Crippen LogP contribution in [-0.4, -0.2) is 42.5 Å². The molecule has 0 amide bonds. The zero-order valence-electron chi connectivity index (χ0n) is 9.42. The van der Waals surface area contributed by atoms with Crippen LogP contribution in [0.15, 0.2) is 0 Å². The van der Waals surface area contributed by atoms with Gasteiger partial charge in [-0.25, -0.2) is 8.78 Å². The van der Waals surface area contributed by atoms with Gasteiger partial charge in [-0.05, 0) is 19.3 Å². The standard InChI is InChI=1S/C11H17F2NO2/c1-16-10(15)9-4-7-14(9)8-2-5-11(12,13)6-3-8/h8-9H,2-7H2,1H3/t9-/m0/s1. The van der Waals surface area contributed by atoms with Gasteiger partial charge in [-0.1, -0.05) is 0 Å². The van der Waals surface area contributed by atoms with Gasteiger partial charge in [-0.3, -0.25) is 9.69 Å². The molecule has 1 saturated heterocycles. The highest BCUT2D eigenvalue weighted by Gasteiger charge is 2.43. The lowest BCUT2D eigenvalue weighted by Gasteiger charge is -2.46. The Kier molecular flexibility index (Phi) is 3.15. The molecule has 2 aliphatic rings. The van der Waals surface area contributed by atoms with Crippen molar-refractivity contribution in [1.29, 1.82) is 0 Å². The lowest BCUT2D eigenvalue weighted by Crippen LogP contribution is -2.58. The molecule has 3 nitrogen and oxygen atoms in total. The number of ether oxygens (including phenoxy) is 1. The molecule has 16 heavy (non-hydrogen) atoms. The molecular weight excluding hydrogens is 216 g/mol. The molecule has 0 unspecified atom stereocenters. The summed E-state index contributed by atoms with van der Waals surface area (Å²) in [6, 6.07) is -0.0563. The molecule has 1 heterocycles. The quantitative estimate of drug-likeness (QED) is 0.681. The van der Waals surface area contributed by atoms with E-state index in [1.54, 1.807) is 0 Å². The Morgan fingerprint density at radius 2 is 1.94 bits per heavy atom. The van der Waals surface area contributed by atoms with E-state index in [2.05, 4.69) is 4.74 Å². The number of carbonyl (C=O) groups excluding carboxylic acids is 1. The molecule has 1 aliphatic carbocycles. The normalized spacial score (nSPS) is 30.8. The molecule has 5 heteroatoms. The van der Waals surface area contributed by atoms with Crippen LogP contribution in [0.1, 0.15) is 32.1 Å². The van der Waals surface area contributed by atoms with Crippen LogP contribution >= 0.6 is 0 Å². The molecule has 0 spiro atoms. The summed E-state index contributed by atoms with van der Waals surface area (Å²) in [6.45, 7) is 0.829. The van der Waals surface area contributed by atoms with Crippen molar-refractivity contribution in [2.45, 2.75) is 50.1 Å². The summed E-state index contributed by atoms with van der Waals surface area (Å²) in [7, 11) is 1.37. The van der Waals surface area contributed by atoms with E-state index in [-0.39, 0.29) is 30.9 Å². The van der Waals surface area contributed by atoms with Crippen LogP contribution < -0.4 is 0 Å². The van der Waals surface area contributed by atoms with E-state index in [4.69, 9.17) is 0 Å². The van der Waals surface area contributed by atoms with Crippen LogP contribution in [0.25, 0.3) is 0 Å². The molecule has 2 rings (SSSR count). The summed E-state index contributed by atoms with van der Waals surface area (Å²) in [6.07, 6.45) is 1.66. The lowest BCUT2D eigenvalue weighted by atomic mass is 9.87. The minimum Gasteiger partial charge on any atom is -0.468 e. The molecule has 0 aromatic heterocycles. The van der Waals surface area contributed by atoms with Crippen LogP contribution in [0.5, 0.6) is 0 Å². The summed E-state index contributed by atoms with van der Waals surface area (Å²) < 4.78 is 30.6. The highest BCUT2D eigenvalue weighted by atomic mass is 19.3. The van der Waals surface area contributed by atoms with Crippen molar-refractivity contribution < 1.29 is 18.3 Å². The Hall–Kier alpha value is -0.710. The molecule has 1 aliphatic heterocycles. The number of methoxy groups -OCH3 is 1. The third kappa shape index (κ3) is 2.19. The van der Waals surface area contributed by atoms with Gasteiger partial charge in [0.05, 0.1) is 7.11 Å². The van der Waals surface area contributed by atoms with Gasteiger partial charge in [0.1, 0.15) is 6.04 Å². The number of esters is 1. The first kappa shape index (κ1) is 11.8. The van der Waals surface area contributed by atoms with Gasteiger partial charge in [0.2, 0.25) is 5.92 Å². The van der Waals surface area contributed by atoms with Gasteiger partial charge >= 0.3 is 5.97 Å². The number of nitrogens with zero attached hydrogens (tertiary/aromatic N) is 1. The van der Waals surface area contributed by atoms with Gasteiger partial charge in [0.25, 0.3) is 0 Å². The van der Waals surface area contributed by atoms with Crippen LogP contribution in [-0.2, 0) is 9.53 Å². The first-order valence-corrected chi connectivity index (χ1v) is 5.75. The third-order valence-corrected chi connectivity index (χ3v) is 3.69. The third-order valence-electron chi connectivity index (χ3n) is 3.69. The predicted molar refractivity (Wildman–Crippen MR) is 54.3 cm³/mol. The highest BCUT2D eigenvalue weighted by molar-refractivity contribution is 5.76. The number of alkyl halides is 2. The maximum Gasteiger partial charge on any atom is 0.323 e. The fraction of sp³-hybridized carbons (Fsp3) is 0.909. The zero-order valence-corrected chi connectivity index (χ0v) is 9.42.